The van der Waals surface area contributed by atoms with Crippen LogP contribution in [0.1, 0.15) is 11.1 Å². The largest absolute Gasteiger partial charge is 0.321 e. The molecule has 0 bridgehead atoms. The van der Waals surface area contributed by atoms with Crippen molar-refractivity contribution in [2.45, 2.75) is 13.5 Å². The molecule has 0 amide bonds. The monoisotopic (exact) mass is 528 g/mol. The average molecular weight is 529 g/mol. The second kappa shape index (κ2) is 9.08. The molecule has 10 nitrogen and oxygen atoms in total. The third kappa shape index (κ3) is 4.51. The van der Waals surface area contributed by atoms with Crippen LogP contribution in [-0.4, -0.2) is 49.8 Å². The van der Waals surface area contributed by atoms with Gasteiger partial charge in [0, 0.05) is 36.3 Å². The lowest BCUT2D eigenvalue weighted by Gasteiger charge is -2.07. The highest BCUT2D eigenvalue weighted by Gasteiger charge is 2.18. The van der Waals surface area contributed by atoms with Crippen LogP contribution >= 0.6 is 0 Å². The first-order valence-electron chi connectivity index (χ1n) is 11.6. The zero-order valence-electron chi connectivity index (χ0n) is 20.3. The lowest BCUT2D eigenvalue weighted by Crippen LogP contribution is -2.21. The lowest BCUT2D eigenvalue weighted by atomic mass is 10.0. The fourth-order valence-corrected chi connectivity index (χ4v) is 4.75. The fraction of sp³-hybridized carbons (Fsp3) is 0.115. The second-order valence-electron chi connectivity index (χ2n) is 8.94. The van der Waals surface area contributed by atoms with E-state index in [1.165, 1.54) is 12.1 Å². The van der Waals surface area contributed by atoms with Crippen LogP contribution < -0.4 is 4.72 Å². The van der Waals surface area contributed by atoms with Crippen molar-refractivity contribution in [3.8, 4) is 33.9 Å². The Balaban J connectivity index is 1.44. The Labute approximate surface area is 216 Å². The summed E-state index contributed by atoms with van der Waals surface area (Å²) in [6, 6.07) is 11.9. The molecule has 0 aliphatic heterocycles. The predicted molar refractivity (Wildman–Crippen MR) is 142 cm³/mol. The van der Waals surface area contributed by atoms with Gasteiger partial charge in [0.2, 0.25) is 10.0 Å². The number of aromatic amines is 2. The van der Waals surface area contributed by atoms with E-state index in [2.05, 4.69) is 29.9 Å². The standard InChI is InChI=1S/C26H21FN8O2S/c1-14-5-7-28-13-19(14)20-3-4-21-23(31-20)24(35-34-21)26-32-22-18(6-8-29-25(22)33-26)16-9-15(10-17(27)11-16)12-30-38(2,36)37/h3-11,13,30H,12H2,1-2H3,(H,34,35)(H,29,32,33). The van der Waals surface area contributed by atoms with E-state index in [1.807, 2.05) is 25.1 Å². The summed E-state index contributed by atoms with van der Waals surface area (Å²) >= 11 is 0. The molecule has 1 aromatic carbocycles. The Morgan fingerprint density at radius 3 is 2.68 bits per heavy atom. The Morgan fingerprint density at radius 1 is 1.00 bits per heavy atom. The highest BCUT2D eigenvalue weighted by Crippen LogP contribution is 2.32. The molecule has 0 saturated heterocycles. The van der Waals surface area contributed by atoms with Crippen molar-refractivity contribution < 1.29 is 12.8 Å². The second-order valence-corrected chi connectivity index (χ2v) is 10.8. The third-order valence-electron chi connectivity index (χ3n) is 6.14. The number of halogens is 1. The molecule has 0 aliphatic rings. The number of hydrogen-bond acceptors (Lipinski definition) is 7. The van der Waals surface area contributed by atoms with Crippen LogP contribution in [-0.2, 0) is 16.6 Å². The van der Waals surface area contributed by atoms with Crippen LogP contribution in [0.2, 0.25) is 0 Å². The molecule has 0 atom stereocenters. The van der Waals surface area contributed by atoms with Crippen LogP contribution in [0.25, 0.3) is 56.1 Å². The van der Waals surface area contributed by atoms with Gasteiger partial charge < -0.3 is 4.98 Å². The molecule has 12 heteroatoms. The summed E-state index contributed by atoms with van der Waals surface area (Å²) in [6.45, 7) is 1.97. The van der Waals surface area contributed by atoms with Gasteiger partial charge in [0.05, 0.1) is 17.5 Å². The first-order chi connectivity index (χ1) is 18.2. The van der Waals surface area contributed by atoms with Gasteiger partial charge in [0.1, 0.15) is 16.9 Å². The van der Waals surface area contributed by atoms with Crippen LogP contribution in [0.3, 0.4) is 0 Å². The minimum atomic E-state index is -3.43. The van der Waals surface area contributed by atoms with Crippen LogP contribution in [0.5, 0.6) is 0 Å². The van der Waals surface area contributed by atoms with Crippen molar-refractivity contribution in [1.82, 2.24) is 39.8 Å². The van der Waals surface area contributed by atoms with Gasteiger partial charge in [0.25, 0.3) is 0 Å². The number of pyridine rings is 3. The van der Waals surface area contributed by atoms with Gasteiger partial charge in [-0.05, 0) is 66.1 Å². The molecular formula is C26H21FN8O2S. The van der Waals surface area contributed by atoms with E-state index in [0.29, 0.717) is 44.9 Å². The molecule has 0 spiro atoms. The molecule has 0 saturated carbocycles. The summed E-state index contributed by atoms with van der Waals surface area (Å²) in [6.07, 6.45) is 6.17. The van der Waals surface area contributed by atoms with E-state index in [0.717, 1.165) is 28.6 Å². The zero-order chi connectivity index (χ0) is 26.4. The summed E-state index contributed by atoms with van der Waals surface area (Å²) in [5.41, 5.74) is 7.29. The van der Waals surface area contributed by atoms with Gasteiger partial charge >= 0.3 is 0 Å². The van der Waals surface area contributed by atoms with E-state index in [9.17, 15) is 12.8 Å². The van der Waals surface area contributed by atoms with E-state index in [1.54, 1.807) is 30.7 Å². The van der Waals surface area contributed by atoms with Crippen molar-refractivity contribution in [2.75, 3.05) is 6.26 Å². The van der Waals surface area contributed by atoms with Gasteiger partial charge in [0.15, 0.2) is 17.2 Å². The Kier molecular flexibility index (Phi) is 5.69. The number of aryl methyl sites for hydroxylation is 1. The SMILES string of the molecule is Cc1ccncc1-c1ccc2[nH]nc(-c3nc4c(-c5cc(F)cc(CNS(C)(=O)=O)c5)ccnc4[nH]3)c2n1. The Hall–Kier alpha value is -4.55. The molecule has 5 heterocycles. The predicted octanol–water partition coefficient (Wildman–Crippen LogP) is 4.12. The number of H-pyrrole nitrogens is 2. The molecule has 6 aromatic rings. The molecule has 3 N–H and O–H groups in total. The van der Waals surface area contributed by atoms with E-state index in [-0.39, 0.29) is 6.54 Å². The summed E-state index contributed by atoms with van der Waals surface area (Å²) in [5, 5.41) is 7.44. The van der Waals surface area contributed by atoms with Gasteiger partial charge in [-0.15, -0.1) is 0 Å². The van der Waals surface area contributed by atoms with Crippen LogP contribution in [0.4, 0.5) is 4.39 Å². The van der Waals surface area contributed by atoms with Gasteiger partial charge in [-0.1, -0.05) is 0 Å². The van der Waals surface area contributed by atoms with Crippen LogP contribution in [0.15, 0.2) is 61.1 Å². The van der Waals surface area contributed by atoms with Gasteiger partial charge in [-0.25, -0.2) is 32.5 Å². The van der Waals surface area contributed by atoms with E-state index in [4.69, 9.17) is 9.97 Å². The van der Waals surface area contributed by atoms with Crippen molar-refractivity contribution in [2.24, 2.45) is 0 Å². The first-order valence-corrected chi connectivity index (χ1v) is 13.5. The van der Waals surface area contributed by atoms with Gasteiger partial charge in [-0.2, -0.15) is 5.10 Å². The fourth-order valence-electron chi connectivity index (χ4n) is 4.32. The Bertz CT molecular complexity index is 1950. The minimum Gasteiger partial charge on any atom is -0.321 e. The smallest absolute Gasteiger partial charge is 0.209 e. The molecule has 0 aliphatic carbocycles. The summed E-state index contributed by atoms with van der Waals surface area (Å²) in [5.74, 6) is -0.0385. The number of nitrogens with zero attached hydrogens (tertiary/aromatic N) is 5. The maximum Gasteiger partial charge on any atom is 0.209 e. The zero-order valence-corrected chi connectivity index (χ0v) is 21.1. The minimum absolute atomic E-state index is 0.0344. The topological polar surface area (TPSA) is 142 Å². The van der Waals surface area contributed by atoms with Crippen molar-refractivity contribution in [3.05, 3.63) is 78.0 Å². The highest BCUT2D eigenvalue weighted by atomic mass is 32.2. The molecule has 0 radical (unpaired) electrons. The van der Waals surface area contributed by atoms with Gasteiger partial charge in [-0.3, -0.25) is 10.1 Å². The quantitative estimate of drug-likeness (QED) is 0.295. The number of fused-ring (bicyclic) bond motifs is 2. The van der Waals surface area contributed by atoms with Crippen LogP contribution in [0, 0.1) is 12.7 Å². The average Bonchev–Trinajstić information content (AvgIpc) is 3.50. The van der Waals surface area contributed by atoms with Crippen molar-refractivity contribution in [3.63, 3.8) is 0 Å². The molecular weight excluding hydrogens is 507 g/mol. The summed E-state index contributed by atoms with van der Waals surface area (Å²) in [4.78, 5) is 21.4. The highest BCUT2D eigenvalue weighted by molar-refractivity contribution is 7.88. The number of rotatable bonds is 6. The Morgan fingerprint density at radius 2 is 1.87 bits per heavy atom. The maximum absolute atomic E-state index is 14.5. The number of imidazole rings is 1. The molecule has 0 unspecified atom stereocenters. The molecule has 6 rings (SSSR count). The summed E-state index contributed by atoms with van der Waals surface area (Å²) < 4.78 is 39.9. The molecule has 190 valence electrons. The number of aromatic nitrogens is 7. The summed E-state index contributed by atoms with van der Waals surface area (Å²) in [7, 11) is -3.43. The van der Waals surface area contributed by atoms with E-state index < -0.39 is 15.8 Å². The maximum atomic E-state index is 14.5. The number of nitrogens with one attached hydrogen (secondary N) is 3. The van der Waals surface area contributed by atoms with Crippen molar-refractivity contribution >= 4 is 32.2 Å². The van der Waals surface area contributed by atoms with Crippen molar-refractivity contribution in [1.29, 1.82) is 0 Å². The number of hydrogen-bond donors (Lipinski definition) is 3. The number of benzene rings is 1. The third-order valence-corrected chi connectivity index (χ3v) is 6.81. The molecule has 38 heavy (non-hydrogen) atoms. The normalized spacial score (nSPS) is 12.0. The first kappa shape index (κ1) is 23.8. The molecule has 0 fully saturated rings. The molecule has 5 aromatic heterocycles. The lowest BCUT2D eigenvalue weighted by molar-refractivity contribution is 0.586. The van der Waals surface area contributed by atoms with E-state index >= 15 is 0 Å². The number of sulfonamides is 1.